The minimum Gasteiger partial charge on any atom is -0.466 e. The topological polar surface area (TPSA) is 25.6 Å². The molecule has 0 aliphatic carbocycles. The first-order chi connectivity index (χ1) is 12.5. The second kappa shape index (κ2) is 8.09. The van der Waals surface area contributed by atoms with Crippen LogP contribution < -0.4 is 5.06 Å². The molecule has 0 fully saturated rings. The summed E-state index contributed by atoms with van der Waals surface area (Å²) >= 11 is 0. The number of rotatable bonds is 5. The molecule has 1 heterocycles. The second-order valence-corrected chi connectivity index (χ2v) is 11.3. The zero-order chi connectivity index (χ0) is 18.4. The fourth-order valence-corrected chi connectivity index (χ4v) is 3.29. The highest BCUT2D eigenvalue weighted by Gasteiger charge is 2.28. The van der Waals surface area contributed by atoms with Gasteiger partial charge in [-0.25, -0.2) is 5.06 Å². The zero-order valence-electron chi connectivity index (χ0n) is 15.3. The molecule has 3 nitrogen and oxygen atoms in total. The molecule has 132 valence electrons. The van der Waals surface area contributed by atoms with Crippen LogP contribution >= 0.6 is 0 Å². The van der Waals surface area contributed by atoms with Crippen LogP contribution in [-0.4, -0.2) is 8.32 Å². The summed E-state index contributed by atoms with van der Waals surface area (Å²) in [5, 5.41) is 1.89. The molecule has 0 saturated heterocycles. The molecule has 1 atom stereocenters. The van der Waals surface area contributed by atoms with Gasteiger partial charge < -0.3 is 8.94 Å². The van der Waals surface area contributed by atoms with Crippen molar-refractivity contribution in [3.05, 3.63) is 90.4 Å². The van der Waals surface area contributed by atoms with Gasteiger partial charge in [-0.2, -0.15) is 0 Å². The first kappa shape index (κ1) is 18.1. The Kier molecular flexibility index (Phi) is 5.62. The Hall–Kier alpha value is -2.74. The lowest BCUT2D eigenvalue weighted by atomic mass is 10.1. The van der Waals surface area contributed by atoms with E-state index >= 15 is 0 Å². The number of para-hydroxylation sites is 1. The van der Waals surface area contributed by atoms with E-state index in [-0.39, 0.29) is 6.04 Å². The van der Waals surface area contributed by atoms with Gasteiger partial charge in [0.2, 0.25) is 8.32 Å². The first-order valence-electron chi connectivity index (χ1n) is 8.66. The number of benzene rings is 2. The average Bonchev–Trinajstić information content (AvgIpc) is 3.16. The van der Waals surface area contributed by atoms with E-state index < -0.39 is 8.32 Å². The first-order valence-corrected chi connectivity index (χ1v) is 12.1. The molecule has 3 rings (SSSR count). The molecule has 3 aromatic rings. The highest BCUT2D eigenvalue weighted by Crippen LogP contribution is 2.29. The molecule has 0 N–H and O–H groups in total. The molecule has 1 unspecified atom stereocenters. The number of furan rings is 1. The summed E-state index contributed by atoms with van der Waals surface area (Å²) in [6.07, 6.45) is 1.67. The molecular formula is C22H23NO2Si. The van der Waals surface area contributed by atoms with E-state index in [4.69, 9.17) is 8.94 Å². The van der Waals surface area contributed by atoms with E-state index in [1.54, 1.807) is 6.26 Å². The third-order valence-electron chi connectivity index (χ3n) is 3.56. The maximum absolute atomic E-state index is 6.41. The smallest absolute Gasteiger partial charge is 0.220 e. The van der Waals surface area contributed by atoms with Gasteiger partial charge in [0.25, 0.3) is 0 Å². The van der Waals surface area contributed by atoms with E-state index in [0.29, 0.717) is 0 Å². The van der Waals surface area contributed by atoms with Gasteiger partial charge in [0.05, 0.1) is 12.0 Å². The Labute approximate surface area is 156 Å². The Morgan fingerprint density at radius 1 is 0.885 bits per heavy atom. The van der Waals surface area contributed by atoms with Crippen molar-refractivity contribution in [1.82, 2.24) is 0 Å². The molecule has 0 aliphatic rings. The molecule has 0 spiro atoms. The zero-order valence-corrected chi connectivity index (χ0v) is 16.3. The van der Waals surface area contributed by atoms with Crippen molar-refractivity contribution in [2.24, 2.45) is 0 Å². The van der Waals surface area contributed by atoms with Crippen molar-refractivity contribution < 1.29 is 8.94 Å². The van der Waals surface area contributed by atoms with Crippen molar-refractivity contribution in [1.29, 1.82) is 0 Å². The summed E-state index contributed by atoms with van der Waals surface area (Å²) in [6, 6.07) is 23.5. The normalized spacial score (nSPS) is 12.1. The fourth-order valence-electron chi connectivity index (χ4n) is 2.49. The number of hydrogen-bond donors (Lipinski definition) is 0. The van der Waals surface area contributed by atoms with Crippen molar-refractivity contribution in [2.45, 2.75) is 25.7 Å². The average molecular weight is 362 g/mol. The van der Waals surface area contributed by atoms with Gasteiger partial charge in [-0.15, -0.1) is 0 Å². The van der Waals surface area contributed by atoms with E-state index in [0.717, 1.165) is 17.0 Å². The lowest BCUT2D eigenvalue weighted by Crippen LogP contribution is -2.39. The van der Waals surface area contributed by atoms with Crippen LogP contribution in [0.4, 0.5) is 5.69 Å². The van der Waals surface area contributed by atoms with Crippen LogP contribution in [0.25, 0.3) is 0 Å². The largest absolute Gasteiger partial charge is 0.466 e. The predicted molar refractivity (Wildman–Crippen MR) is 108 cm³/mol. The molecular weight excluding hydrogens is 338 g/mol. The maximum Gasteiger partial charge on any atom is 0.220 e. The Morgan fingerprint density at radius 2 is 1.54 bits per heavy atom. The SMILES string of the molecule is C[Si](C)(C)ON(c1ccccc1)C(C#Cc1ccccc1)c1ccco1. The summed E-state index contributed by atoms with van der Waals surface area (Å²) in [7, 11) is -1.87. The van der Waals surface area contributed by atoms with E-state index in [1.807, 2.05) is 77.9 Å². The van der Waals surface area contributed by atoms with Gasteiger partial charge in [0.1, 0.15) is 5.76 Å². The molecule has 0 saturated carbocycles. The van der Waals surface area contributed by atoms with Gasteiger partial charge >= 0.3 is 0 Å². The van der Waals surface area contributed by atoms with E-state index in [2.05, 4.69) is 31.5 Å². The van der Waals surface area contributed by atoms with Crippen LogP contribution in [0.3, 0.4) is 0 Å². The number of hydrogen-bond acceptors (Lipinski definition) is 3. The highest BCUT2D eigenvalue weighted by molar-refractivity contribution is 6.69. The molecule has 26 heavy (non-hydrogen) atoms. The lowest BCUT2D eigenvalue weighted by molar-refractivity contribution is 0.242. The minimum absolute atomic E-state index is 0.334. The number of anilines is 1. The van der Waals surface area contributed by atoms with Crippen LogP contribution in [0.2, 0.25) is 19.6 Å². The molecule has 0 radical (unpaired) electrons. The Bertz CT molecular complexity index is 859. The van der Waals surface area contributed by atoms with Crippen LogP contribution in [0.15, 0.2) is 83.5 Å². The molecule has 2 aromatic carbocycles. The third kappa shape index (κ3) is 4.88. The minimum atomic E-state index is -1.87. The summed E-state index contributed by atoms with van der Waals surface area (Å²) in [5.74, 6) is 7.35. The molecule has 0 aliphatic heterocycles. The number of hydroxylamine groups is 1. The monoisotopic (exact) mass is 361 g/mol. The summed E-state index contributed by atoms with van der Waals surface area (Å²) in [4.78, 5) is 0. The van der Waals surface area contributed by atoms with Gasteiger partial charge in [0, 0.05) is 5.56 Å². The van der Waals surface area contributed by atoms with Gasteiger partial charge in [-0.3, -0.25) is 0 Å². The van der Waals surface area contributed by atoms with E-state index in [9.17, 15) is 0 Å². The van der Waals surface area contributed by atoms with Crippen LogP contribution in [-0.2, 0) is 4.53 Å². The number of nitrogens with zero attached hydrogens (tertiary/aromatic N) is 1. The summed E-state index contributed by atoms with van der Waals surface area (Å²) < 4.78 is 12.1. The molecule has 0 bridgehead atoms. The van der Waals surface area contributed by atoms with Crippen molar-refractivity contribution in [2.75, 3.05) is 5.06 Å². The molecule has 1 aromatic heterocycles. The van der Waals surface area contributed by atoms with E-state index in [1.165, 1.54) is 0 Å². The lowest BCUT2D eigenvalue weighted by Gasteiger charge is -2.34. The van der Waals surface area contributed by atoms with Crippen molar-refractivity contribution >= 4 is 14.0 Å². The van der Waals surface area contributed by atoms with Crippen LogP contribution in [0, 0.1) is 11.8 Å². The summed E-state index contributed by atoms with van der Waals surface area (Å²) in [6.45, 7) is 6.48. The van der Waals surface area contributed by atoms with Crippen LogP contribution in [0.5, 0.6) is 0 Å². The highest BCUT2D eigenvalue weighted by atomic mass is 28.4. The van der Waals surface area contributed by atoms with Gasteiger partial charge in [0.15, 0.2) is 6.04 Å². The van der Waals surface area contributed by atoms with Crippen molar-refractivity contribution in [3.8, 4) is 11.8 Å². The molecule has 0 amide bonds. The van der Waals surface area contributed by atoms with Crippen LogP contribution in [0.1, 0.15) is 17.4 Å². The van der Waals surface area contributed by atoms with Gasteiger partial charge in [-0.05, 0) is 56.0 Å². The standard InChI is InChI=1S/C22H23NO2Si/c1-26(2,3)25-23(20-13-8-5-9-14-20)21(22-15-10-18-24-22)17-16-19-11-6-4-7-12-19/h4-15,18,21H,1-3H3. The fraction of sp³-hybridized carbons (Fsp3) is 0.182. The van der Waals surface area contributed by atoms with Crippen molar-refractivity contribution in [3.63, 3.8) is 0 Å². The second-order valence-electron chi connectivity index (χ2n) is 6.92. The predicted octanol–water partition coefficient (Wildman–Crippen LogP) is 5.65. The maximum atomic E-state index is 6.41. The Morgan fingerprint density at radius 3 is 2.12 bits per heavy atom. The third-order valence-corrected chi connectivity index (χ3v) is 4.30. The molecule has 4 heteroatoms. The Balaban J connectivity index is 2.03. The van der Waals surface area contributed by atoms with Gasteiger partial charge in [-0.1, -0.05) is 48.2 Å². The summed E-state index contributed by atoms with van der Waals surface area (Å²) in [5.41, 5.74) is 1.92. The quantitative estimate of drug-likeness (QED) is 0.334.